The van der Waals surface area contributed by atoms with Crippen molar-refractivity contribution < 1.29 is 19.8 Å². The largest absolute Gasteiger partial charge is 0.481 e. The van der Waals surface area contributed by atoms with E-state index in [9.17, 15) is 9.59 Å². The van der Waals surface area contributed by atoms with Gasteiger partial charge in [-0.2, -0.15) is 0 Å². The van der Waals surface area contributed by atoms with E-state index in [0.717, 1.165) is 38.5 Å². The maximum atomic E-state index is 10.7. The van der Waals surface area contributed by atoms with E-state index in [1.165, 1.54) is 134 Å². The van der Waals surface area contributed by atoms with Crippen LogP contribution < -0.4 is 0 Å². The highest BCUT2D eigenvalue weighted by Crippen LogP contribution is 2.20. The summed E-state index contributed by atoms with van der Waals surface area (Å²) in [4.78, 5) is 21.1. The molecule has 40 heavy (non-hydrogen) atoms. The number of carboxylic acid groups (broad SMARTS) is 2. The Hall–Kier alpha value is -1.84. The fourth-order valence-electron chi connectivity index (χ4n) is 5.19. The minimum atomic E-state index is -0.843. The van der Waals surface area contributed by atoms with E-state index in [4.69, 9.17) is 10.2 Å². The van der Waals surface area contributed by atoms with Gasteiger partial charge in [0.25, 0.3) is 0 Å². The van der Waals surface area contributed by atoms with Gasteiger partial charge >= 0.3 is 11.9 Å². The molecule has 0 unspecified atom stereocenters. The summed E-state index contributed by atoms with van der Waals surface area (Å²) in [6.07, 6.45) is 42.7. The first-order chi connectivity index (χ1) is 19.6. The second kappa shape index (κ2) is 31.7. The predicted molar refractivity (Wildman–Crippen MR) is 172 cm³/mol. The van der Waals surface area contributed by atoms with Crippen molar-refractivity contribution in [3.8, 4) is 0 Å². The van der Waals surface area contributed by atoms with Crippen molar-refractivity contribution >= 4 is 11.9 Å². The van der Waals surface area contributed by atoms with Crippen LogP contribution in [0.2, 0.25) is 0 Å². The summed E-state index contributed by atoms with van der Waals surface area (Å²) >= 11 is 0. The van der Waals surface area contributed by atoms with Crippen molar-refractivity contribution in [2.45, 2.75) is 180 Å². The Bertz CT molecular complexity index is 662. The zero-order chi connectivity index (χ0) is 29.4. The Morgan fingerprint density at radius 2 is 0.925 bits per heavy atom. The topological polar surface area (TPSA) is 74.6 Å². The normalized spacial score (nSPS) is 12.2. The van der Waals surface area contributed by atoms with Gasteiger partial charge in [-0.15, -0.1) is 0 Å². The third kappa shape index (κ3) is 32.4. The van der Waals surface area contributed by atoms with Crippen LogP contribution in [0.5, 0.6) is 0 Å². The smallest absolute Gasteiger partial charge is 0.327 e. The van der Waals surface area contributed by atoms with Gasteiger partial charge < -0.3 is 10.2 Å². The van der Waals surface area contributed by atoms with Gasteiger partial charge in [0.15, 0.2) is 0 Å². The molecule has 0 heterocycles. The second-order valence-corrected chi connectivity index (χ2v) is 11.6. The lowest BCUT2D eigenvalue weighted by molar-refractivity contribution is -0.137. The SMILES string of the molecule is CCCCCC=CCC=C(CCCCCCCCCCCCCCCC=CC(=O)O)CCCCCCCC(=O)O. The van der Waals surface area contributed by atoms with E-state index >= 15 is 0 Å². The molecule has 0 bridgehead atoms. The molecule has 0 fully saturated rings. The molecule has 4 heteroatoms. The van der Waals surface area contributed by atoms with Gasteiger partial charge in [-0.25, -0.2) is 4.79 Å². The van der Waals surface area contributed by atoms with Gasteiger partial charge in [-0.05, 0) is 64.2 Å². The molecule has 0 saturated heterocycles. The third-order valence-electron chi connectivity index (χ3n) is 7.70. The molecule has 0 saturated carbocycles. The first-order valence-corrected chi connectivity index (χ1v) is 17.0. The zero-order valence-corrected chi connectivity index (χ0v) is 26.2. The second-order valence-electron chi connectivity index (χ2n) is 11.6. The van der Waals surface area contributed by atoms with Crippen LogP contribution in [0.1, 0.15) is 180 Å². The van der Waals surface area contributed by atoms with Gasteiger partial charge in [-0.3, -0.25) is 4.79 Å². The van der Waals surface area contributed by atoms with Crippen LogP contribution in [-0.4, -0.2) is 22.2 Å². The molecular formula is C36H64O4. The maximum Gasteiger partial charge on any atom is 0.327 e. The van der Waals surface area contributed by atoms with Crippen molar-refractivity contribution in [3.05, 3.63) is 36.0 Å². The summed E-state index contributed by atoms with van der Waals surface area (Å²) in [6, 6.07) is 0. The molecule has 2 N–H and O–H groups in total. The third-order valence-corrected chi connectivity index (χ3v) is 7.70. The van der Waals surface area contributed by atoms with Gasteiger partial charge in [0.2, 0.25) is 0 Å². The quantitative estimate of drug-likeness (QED) is 0.0502. The average Bonchev–Trinajstić information content (AvgIpc) is 2.92. The van der Waals surface area contributed by atoms with Gasteiger partial charge in [0.05, 0.1) is 0 Å². The van der Waals surface area contributed by atoms with E-state index < -0.39 is 11.9 Å². The molecule has 0 aliphatic heterocycles. The fraction of sp³-hybridized carbons (Fsp3) is 0.778. The zero-order valence-electron chi connectivity index (χ0n) is 26.2. The first-order valence-electron chi connectivity index (χ1n) is 17.0. The van der Waals surface area contributed by atoms with Crippen LogP contribution in [0.15, 0.2) is 36.0 Å². The van der Waals surface area contributed by atoms with E-state index in [1.54, 1.807) is 11.6 Å². The van der Waals surface area contributed by atoms with Crippen LogP contribution in [0.4, 0.5) is 0 Å². The molecule has 0 aromatic heterocycles. The van der Waals surface area contributed by atoms with Gasteiger partial charge in [0.1, 0.15) is 0 Å². The molecule has 0 spiro atoms. The number of allylic oxidation sites excluding steroid dienone is 5. The lowest BCUT2D eigenvalue weighted by Crippen LogP contribution is -1.93. The van der Waals surface area contributed by atoms with Gasteiger partial charge in [-0.1, -0.05) is 140 Å². The number of rotatable bonds is 31. The van der Waals surface area contributed by atoms with Crippen LogP contribution in [0.3, 0.4) is 0 Å². The maximum absolute atomic E-state index is 10.7. The Morgan fingerprint density at radius 1 is 0.500 bits per heavy atom. The van der Waals surface area contributed by atoms with Crippen molar-refractivity contribution in [2.24, 2.45) is 0 Å². The Balaban J connectivity index is 3.85. The van der Waals surface area contributed by atoms with Crippen LogP contribution >= 0.6 is 0 Å². The summed E-state index contributed by atoms with van der Waals surface area (Å²) < 4.78 is 0. The number of carboxylic acids is 2. The monoisotopic (exact) mass is 560 g/mol. The summed E-state index contributed by atoms with van der Waals surface area (Å²) in [5.41, 5.74) is 1.64. The molecule has 0 aromatic rings. The first kappa shape index (κ1) is 38.2. The van der Waals surface area contributed by atoms with E-state index in [-0.39, 0.29) is 0 Å². The number of hydrogen-bond acceptors (Lipinski definition) is 2. The molecule has 4 nitrogen and oxygen atoms in total. The number of carbonyl (C=O) groups is 2. The molecule has 0 atom stereocenters. The Labute approximate surface area is 247 Å². The standard InChI is InChI=1S/C36H64O4/c1-2-3-4-5-15-19-24-29-34(31-26-21-18-23-28-33-36(39)40)30-25-20-16-13-11-9-7-6-8-10-12-14-17-22-27-32-35(37)38/h15,19,27,29,32H,2-14,16-18,20-26,28,30-31,33H2,1H3,(H,37,38)(H,39,40). The van der Waals surface area contributed by atoms with E-state index in [0.29, 0.717) is 6.42 Å². The summed E-state index contributed by atoms with van der Waals surface area (Å²) in [6.45, 7) is 2.26. The molecular weight excluding hydrogens is 496 g/mol. The Kier molecular flexibility index (Phi) is 30.2. The summed E-state index contributed by atoms with van der Waals surface area (Å²) in [5.74, 6) is -1.51. The molecule has 0 rings (SSSR count). The minimum absolute atomic E-state index is 0.313. The number of hydrogen-bond donors (Lipinski definition) is 2. The lowest BCUT2D eigenvalue weighted by Gasteiger charge is -2.08. The van der Waals surface area contributed by atoms with Crippen molar-refractivity contribution in [2.75, 3.05) is 0 Å². The van der Waals surface area contributed by atoms with Crippen molar-refractivity contribution in [1.29, 1.82) is 0 Å². The average molecular weight is 561 g/mol. The van der Waals surface area contributed by atoms with Crippen LogP contribution in [0.25, 0.3) is 0 Å². The van der Waals surface area contributed by atoms with Crippen LogP contribution in [0, 0.1) is 0 Å². The fourth-order valence-corrected chi connectivity index (χ4v) is 5.19. The molecule has 232 valence electrons. The number of unbranched alkanes of at least 4 members (excludes halogenated alkanes) is 20. The molecule has 0 aliphatic carbocycles. The molecule has 0 amide bonds. The van der Waals surface area contributed by atoms with Crippen LogP contribution in [-0.2, 0) is 9.59 Å². The highest BCUT2D eigenvalue weighted by Gasteiger charge is 2.01. The highest BCUT2D eigenvalue weighted by molar-refractivity contribution is 5.79. The summed E-state index contributed by atoms with van der Waals surface area (Å²) in [7, 11) is 0. The van der Waals surface area contributed by atoms with E-state index in [1.807, 2.05) is 0 Å². The van der Waals surface area contributed by atoms with Crippen molar-refractivity contribution in [1.82, 2.24) is 0 Å². The van der Waals surface area contributed by atoms with E-state index in [2.05, 4.69) is 25.2 Å². The molecule has 0 aromatic carbocycles. The van der Waals surface area contributed by atoms with Gasteiger partial charge in [0, 0.05) is 12.5 Å². The number of aliphatic carboxylic acids is 2. The summed E-state index contributed by atoms with van der Waals surface area (Å²) in [5, 5.41) is 17.3. The molecule has 0 radical (unpaired) electrons. The molecule has 0 aliphatic rings. The Morgan fingerprint density at radius 3 is 1.40 bits per heavy atom. The highest BCUT2D eigenvalue weighted by atomic mass is 16.4. The minimum Gasteiger partial charge on any atom is -0.481 e. The lowest BCUT2D eigenvalue weighted by atomic mass is 9.98. The van der Waals surface area contributed by atoms with Crippen molar-refractivity contribution in [3.63, 3.8) is 0 Å². The predicted octanol–water partition coefficient (Wildman–Crippen LogP) is 11.7.